The second kappa shape index (κ2) is 8.31. The van der Waals surface area contributed by atoms with Gasteiger partial charge in [-0.1, -0.05) is 12.1 Å². The van der Waals surface area contributed by atoms with Crippen LogP contribution in [0.5, 0.6) is 5.75 Å². The van der Waals surface area contributed by atoms with Crippen LogP contribution in [0.3, 0.4) is 0 Å². The lowest BCUT2D eigenvalue weighted by molar-refractivity contribution is 0.169. The molecule has 3 rings (SSSR count). The van der Waals surface area contributed by atoms with E-state index < -0.39 is 0 Å². The van der Waals surface area contributed by atoms with Crippen molar-refractivity contribution in [3.63, 3.8) is 0 Å². The van der Waals surface area contributed by atoms with Crippen LogP contribution in [0.4, 0.5) is 0 Å². The molecule has 0 aliphatic carbocycles. The molecule has 1 fully saturated rings. The summed E-state index contributed by atoms with van der Waals surface area (Å²) in [4.78, 5) is 2.54. The number of nitrogens with one attached hydrogen (secondary N) is 1. The fourth-order valence-corrected chi connectivity index (χ4v) is 3.48. The highest BCUT2D eigenvalue weighted by Crippen LogP contribution is 2.25. The van der Waals surface area contributed by atoms with Crippen LogP contribution < -0.4 is 10.1 Å². The molecule has 5 nitrogen and oxygen atoms in total. The number of para-hydroxylation sites is 2. The second-order valence-electron chi connectivity index (χ2n) is 6.52. The number of aromatic nitrogens is 2. The number of hydrogen-bond acceptors (Lipinski definition) is 4. The Morgan fingerprint density at radius 1 is 1.21 bits per heavy atom. The highest BCUT2D eigenvalue weighted by Gasteiger charge is 2.20. The third-order valence-electron chi connectivity index (χ3n) is 4.93. The lowest BCUT2D eigenvalue weighted by Gasteiger charge is -2.32. The molecule has 0 bridgehead atoms. The summed E-state index contributed by atoms with van der Waals surface area (Å²) in [5.74, 6) is 1.72. The second-order valence-corrected chi connectivity index (χ2v) is 6.52. The first kappa shape index (κ1) is 17.0. The summed E-state index contributed by atoms with van der Waals surface area (Å²) in [7, 11) is 3.74. The van der Waals surface area contributed by atoms with Gasteiger partial charge in [0.2, 0.25) is 0 Å². The maximum atomic E-state index is 5.49. The molecule has 0 spiro atoms. The number of hydrogen-bond donors (Lipinski definition) is 1. The predicted molar refractivity (Wildman–Crippen MR) is 96.7 cm³/mol. The Hall–Kier alpha value is -1.85. The van der Waals surface area contributed by atoms with Gasteiger partial charge in [-0.3, -0.25) is 4.90 Å². The van der Waals surface area contributed by atoms with Crippen molar-refractivity contribution in [3.05, 3.63) is 42.2 Å². The summed E-state index contributed by atoms with van der Waals surface area (Å²) in [5.41, 5.74) is 2.22. The topological polar surface area (TPSA) is 42.3 Å². The predicted octanol–water partition coefficient (Wildman–Crippen LogP) is 2.70. The molecular weight excluding hydrogens is 300 g/mol. The highest BCUT2D eigenvalue weighted by atomic mass is 16.5. The molecule has 24 heavy (non-hydrogen) atoms. The Labute approximate surface area is 144 Å². The quantitative estimate of drug-likeness (QED) is 0.848. The number of benzene rings is 1. The minimum atomic E-state index is 0.855. The Morgan fingerprint density at radius 2 is 2.00 bits per heavy atom. The molecule has 1 N–H and O–H groups in total. The monoisotopic (exact) mass is 328 g/mol. The lowest BCUT2D eigenvalue weighted by atomic mass is 9.93. The third-order valence-corrected chi connectivity index (χ3v) is 4.93. The lowest BCUT2D eigenvalue weighted by Crippen LogP contribution is -2.34. The molecule has 1 aromatic heterocycles. The fraction of sp³-hybridized carbons (Fsp3) is 0.526. The summed E-state index contributed by atoms with van der Waals surface area (Å²) >= 11 is 0. The van der Waals surface area contributed by atoms with E-state index in [4.69, 9.17) is 4.74 Å². The molecule has 0 unspecified atom stereocenters. The van der Waals surface area contributed by atoms with Gasteiger partial charge < -0.3 is 10.1 Å². The van der Waals surface area contributed by atoms with Gasteiger partial charge in [0.05, 0.1) is 12.8 Å². The van der Waals surface area contributed by atoms with E-state index in [1.54, 1.807) is 7.11 Å². The maximum Gasteiger partial charge on any atom is 0.144 e. The van der Waals surface area contributed by atoms with E-state index in [2.05, 4.69) is 27.4 Å². The van der Waals surface area contributed by atoms with Crippen LogP contribution in [0.2, 0.25) is 0 Å². The molecule has 0 amide bonds. The number of nitrogens with zero attached hydrogens (tertiary/aromatic N) is 3. The first-order valence-electron chi connectivity index (χ1n) is 8.85. The van der Waals surface area contributed by atoms with Crippen LogP contribution in [0.15, 0.2) is 36.5 Å². The van der Waals surface area contributed by atoms with Gasteiger partial charge in [0.25, 0.3) is 0 Å². The molecule has 130 valence electrons. The van der Waals surface area contributed by atoms with Gasteiger partial charge in [0.15, 0.2) is 0 Å². The summed E-state index contributed by atoms with van der Waals surface area (Å²) in [5, 5.41) is 7.78. The smallest absolute Gasteiger partial charge is 0.144 e. The molecule has 1 aromatic carbocycles. The summed E-state index contributed by atoms with van der Waals surface area (Å²) in [6, 6.07) is 10.2. The minimum absolute atomic E-state index is 0.855. The largest absolute Gasteiger partial charge is 0.494 e. The molecule has 5 heteroatoms. The molecule has 0 atom stereocenters. The Morgan fingerprint density at radius 3 is 2.75 bits per heavy atom. The van der Waals surface area contributed by atoms with Crippen molar-refractivity contribution in [2.45, 2.75) is 25.8 Å². The molecule has 0 saturated carbocycles. The number of rotatable bonds is 7. The van der Waals surface area contributed by atoms with Crippen molar-refractivity contribution in [3.8, 4) is 11.4 Å². The van der Waals surface area contributed by atoms with E-state index in [1.807, 2.05) is 36.1 Å². The van der Waals surface area contributed by atoms with Crippen LogP contribution in [0.25, 0.3) is 5.69 Å². The van der Waals surface area contributed by atoms with E-state index in [1.165, 1.54) is 38.0 Å². The number of likely N-dealkylation sites (tertiary alicyclic amines) is 1. The van der Waals surface area contributed by atoms with Gasteiger partial charge in [-0.05, 0) is 70.1 Å². The third kappa shape index (κ3) is 3.97. The molecular formula is C19H28N4O. The summed E-state index contributed by atoms with van der Waals surface area (Å²) in [6.45, 7) is 4.42. The highest BCUT2D eigenvalue weighted by molar-refractivity contribution is 5.46. The van der Waals surface area contributed by atoms with Crippen molar-refractivity contribution < 1.29 is 4.74 Å². The molecule has 2 heterocycles. The molecule has 1 aliphatic rings. The average Bonchev–Trinajstić information content (AvgIpc) is 3.09. The van der Waals surface area contributed by atoms with Crippen LogP contribution in [0, 0.1) is 5.92 Å². The maximum absolute atomic E-state index is 5.49. The normalized spacial score (nSPS) is 16.4. The van der Waals surface area contributed by atoms with E-state index in [0.29, 0.717) is 0 Å². The molecule has 2 aromatic rings. The van der Waals surface area contributed by atoms with E-state index in [9.17, 15) is 0 Å². The Bertz CT molecular complexity index is 632. The van der Waals surface area contributed by atoms with Crippen molar-refractivity contribution >= 4 is 0 Å². The van der Waals surface area contributed by atoms with Gasteiger partial charge >= 0.3 is 0 Å². The van der Waals surface area contributed by atoms with E-state index in [-0.39, 0.29) is 0 Å². The van der Waals surface area contributed by atoms with Crippen LogP contribution in [0.1, 0.15) is 25.0 Å². The minimum Gasteiger partial charge on any atom is -0.494 e. The van der Waals surface area contributed by atoms with Gasteiger partial charge in [-0.25, -0.2) is 4.68 Å². The van der Waals surface area contributed by atoms with Gasteiger partial charge in [0.1, 0.15) is 11.4 Å². The van der Waals surface area contributed by atoms with Crippen LogP contribution in [-0.4, -0.2) is 48.5 Å². The van der Waals surface area contributed by atoms with Gasteiger partial charge in [-0.2, -0.15) is 5.10 Å². The van der Waals surface area contributed by atoms with E-state index in [0.717, 1.165) is 30.4 Å². The molecule has 1 saturated heterocycles. The zero-order chi connectivity index (χ0) is 16.8. The summed E-state index contributed by atoms with van der Waals surface area (Å²) in [6.07, 6.45) is 5.76. The number of piperidine rings is 1. The van der Waals surface area contributed by atoms with Crippen molar-refractivity contribution in [1.82, 2.24) is 20.0 Å². The molecule has 1 aliphatic heterocycles. The first-order valence-corrected chi connectivity index (χ1v) is 8.85. The number of methoxy groups -OCH3 is 1. The standard InChI is InChI=1S/C19H28N4O/c1-20-11-7-16-9-13-22(14-10-16)15-17-8-12-21-23(17)18-5-3-4-6-19(18)24-2/h3-6,8,12,16,20H,7,9-11,13-15H2,1-2H3. The Kier molecular flexibility index (Phi) is 5.88. The number of ether oxygens (including phenoxy) is 1. The van der Waals surface area contributed by atoms with Crippen molar-refractivity contribution in [1.29, 1.82) is 0 Å². The first-order chi connectivity index (χ1) is 11.8. The summed E-state index contributed by atoms with van der Waals surface area (Å²) < 4.78 is 7.49. The average molecular weight is 328 g/mol. The van der Waals surface area contributed by atoms with Crippen molar-refractivity contribution in [2.75, 3.05) is 33.8 Å². The zero-order valence-electron chi connectivity index (χ0n) is 14.7. The van der Waals surface area contributed by atoms with Gasteiger partial charge in [-0.15, -0.1) is 0 Å². The Balaban J connectivity index is 1.65. The van der Waals surface area contributed by atoms with Crippen LogP contribution in [-0.2, 0) is 6.54 Å². The van der Waals surface area contributed by atoms with E-state index >= 15 is 0 Å². The SMILES string of the molecule is CNCCC1CCN(Cc2ccnn2-c2ccccc2OC)CC1. The van der Waals surface area contributed by atoms with Crippen LogP contribution >= 0.6 is 0 Å². The molecule has 0 radical (unpaired) electrons. The van der Waals surface area contributed by atoms with Crippen molar-refractivity contribution in [2.24, 2.45) is 5.92 Å². The van der Waals surface area contributed by atoms with Gasteiger partial charge in [0, 0.05) is 12.7 Å². The zero-order valence-corrected chi connectivity index (χ0v) is 14.7. The fourth-order valence-electron chi connectivity index (χ4n) is 3.48.